The molecule has 0 unspecified atom stereocenters. The Morgan fingerprint density at radius 2 is 1.76 bits per heavy atom. The number of unbranched alkanes of at least 4 members (excludes halogenated alkanes) is 5. The topological polar surface area (TPSA) is 88.7 Å². The molecule has 4 saturated carbocycles. The zero-order valence-electron chi connectivity index (χ0n) is 23.8. The number of carbonyl (C=O) groups is 1. The lowest BCUT2D eigenvalue weighted by Gasteiger charge is -2.61. The van der Waals surface area contributed by atoms with Gasteiger partial charge in [0.25, 0.3) is 0 Å². The Morgan fingerprint density at radius 1 is 1.05 bits per heavy atom. The average molecular weight is 533 g/mol. The van der Waals surface area contributed by atoms with Crippen LogP contribution >= 0.6 is 12.2 Å². The number of hydrogen-bond acceptors (Lipinski definition) is 5. The third kappa shape index (κ3) is 6.03. The summed E-state index contributed by atoms with van der Waals surface area (Å²) in [4.78, 5) is 11.7. The molecule has 0 spiro atoms. The number of carbonyl (C=O) groups excluding carboxylic acids is 1. The van der Waals surface area contributed by atoms with E-state index in [2.05, 4.69) is 31.6 Å². The second kappa shape index (κ2) is 12.3. The summed E-state index contributed by atoms with van der Waals surface area (Å²) in [6.45, 7) is 8.97. The van der Waals surface area contributed by atoms with E-state index < -0.39 is 0 Å². The predicted molar refractivity (Wildman–Crippen MR) is 155 cm³/mol. The Kier molecular flexibility index (Phi) is 9.58. The van der Waals surface area contributed by atoms with Crippen LogP contribution in [0.1, 0.15) is 124 Å². The summed E-state index contributed by atoms with van der Waals surface area (Å²) in [5.74, 6) is 8.72. The van der Waals surface area contributed by atoms with Gasteiger partial charge in [0.2, 0.25) is 5.11 Å². The number of nitrogens with two attached hydrogens (primary N) is 1. The first-order valence-corrected chi connectivity index (χ1v) is 15.6. The van der Waals surface area contributed by atoms with Crippen LogP contribution < -0.4 is 16.7 Å². The molecule has 4 aliphatic rings. The summed E-state index contributed by atoms with van der Waals surface area (Å²) in [6, 6.07) is 0. The van der Waals surface area contributed by atoms with E-state index in [0.29, 0.717) is 22.4 Å². The number of nitrogens with zero attached hydrogens (tertiary/aromatic N) is 1. The maximum Gasteiger partial charge on any atom is 0.302 e. The average Bonchev–Trinajstić information content (AvgIpc) is 3.21. The van der Waals surface area contributed by atoms with Gasteiger partial charge in [0.1, 0.15) is 6.10 Å². The lowest BCUT2D eigenvalue weighted by molar-refractivity contribution is -0.153. The Hall–Kier alpha value is -1.21. The third-order valence-electron chi connectivity index (χ3n) is 11.3. The second-order valence-corrected chi connectivity index (χ2v) is 13.6. The molecule has 0 saturated heterocycles. The van der Waals surface area contributed by atoms with Crippen LogP contribution in [0.3, 0.4) is 0 Å². The molecule has 0 aromatic carbocycles. The van der Waals surface area contributed by atoms with Crippen molar-refractivity contribution < 1.29 is 9.53 Å². The van der Waals surface area contributed by atoms with Crippen LogP contribution in [0.15, 0.2) is 5.10 Å². The number of fused-ring (bicyclic) bond motifs is 5. The molecule has 0 aromatic rings. The lowest BCUT2D eigenvalue weighted by atomic mass is 9.44. The molecule has 4 fully saturated rings. The second-order valence-electron chi connectivity index (χ2n) is 13.2. The standard InChI is InChI=1S/C30H52N4O2S/c1-5-6-7-8-9-10-11-21-12-13-24-23-19-27(33-34-28(37)32-31)26-18-22(36-20(2)35)14-16-30(26,4)25(23)15-17-29(21,24)3/h21-26H,5-19,31H2,1-4H3,(H2,32,34,37)/b33-27-/t21-,22-,23-,24-,25-,26+,29+,30+/m0/s1. The highest BCUT2D eigenvalue weighted by atomic mass is 32.1. The number of hydrazine groups is 1. The summed E-state index contributed by atoms with van der Waals surface area (Å²) in [5, 5.41) is 5.22. The minimum absolute atomic E-state index is 0.0149. The number of rotatable bonds is 9. The number of nitrogens with one attached hydrogen (secondary N) is 2. The fraction of sp³-hybridized carbons (Fsp3) is 0.900. The van der Waals surface area contributed by atoms with Crippen molar-refractivity contribution in [3.8, 4) is 0 Å². The van der Waals surface area contributed by atoms with Crippen molar-refractivity contribution in [3.05, 3.63) is 0 Å². The van der Waals surface area contributed by atoms with E-state index in [1.807, 2.05) is 0 Å². The first-order chi connectivity index (χ1) is 17.7. The Labute approximate surface area is 230 Å². The molecule has 8 atom stereocenters. The van der Waals surface area contributed by atoms with E-state index in [9.17, 15) is 4.79 Å². The summed E-state index contributed by atoms with van der Waals surface area (Å²) in [5.41, 5.74) is 7.38. The smallest absolute Gasteiger partial charge is 0.302 e. The van der Waals surface area contributed by atoms with Crippen LogP contribution in [0, 0.1) is 40.4 Å². The molecule has 0 heterocycles. The van der Waals surface area contributed by atoms with Gasteiger partial charge in [-0.3, -0.25) is 15.6 Å². The maximum atomic E-state index is 11.7. The molecule has 210 valence electrons. The molecule has 4 rings (SSSR count). The molecule has 0 radical (unpaired) electrons. The molecule has 7 heteroatoms. The highest BCUT2D eigenvalue weighted by Crippen LogP contribution is 2.67. The van der Waals surface area contributed by atoms with Crippen molar-refractivity contribution in [2.24, 2.45) is 51.4 Å². The van der Waals surface area contributed by atoms with Crippen molar-refractivity contribution >= 4 is 29.0 Å². The molecule has 0 amide bonds. The van der Waals surface area contributed by atoms with Gasteiger partial charge in [-0.15, -0.1) is 0 Å². The first kappa shape index (κ1) is 28.8. The Bertz CT molecular complexity index is 849. The zero-order chi connectivity index (χ0) is 26.6. The number of hydrazone groups is 1. The SMILES string of the molecule is CCCCCCCC[C@H]1CC[C@H]2[C@@H]3C/C(=N/NC(=S)NN)[C@H]4C[C@@H](OC(C)=O)CC[C@]4(C)[C@H]3CC[C@]12C. The van der Waals surface area contributed by atoms with E-state index in [1.165, 1.54) is 83.3 Å². The van der Waals surface area contributed by atoms with Crippen LogP contribution in [0.2, 0.25) is 0 Å². The van der Waals surface area contributed by atoms with Gasteiger partial charge in [0.15, 0.2) is 0 Å². The molecule has 37 heavy (non-hydrogen) atoms. The molecule has 0 aliphatic heterocycles. The van der Waals surface area contributed by atoms with E-state index in [4.69, 9.17) is 27.9 Å². The third-order valence-corrected chi connectivity index (χ3v) is 11.5. The number of esters is 1. The molecular formula is C30H52N4O2S. The van der Waals surface area contributed by atoms with E-state index in [1.54, 1.807) is 0 Å². The number of ether oxygens (including phenoxy) is 1. The molecule has 6 nitrogen and oxygen atoms in total. The van der Waals surface area contributed by atoms with Gasteiger partial charge < -0.3 is 4.74 Å². The van der Waals surface area contributed by atoms with Crippen molar-refractivity contribution in [1.29, 1.82) is 0 Å². The van der Waals surface area contributed by atoms with Gasteiger partial charge in [0.05, 0.1) is 0 Å². The minimum Gasteiger partial charge on any atom is -0.463 e. The molecule has 4 aliphatic carbocycles. The zero-order valence-corrected chi connectivity index (χ0v) is 24.6. The van der Waals surface area contributed by atoms with Crippen molar-refractivity contribution in [2.45, 2.75) is 130 Å². The van der Waals surface area contributed by atoms with Crippen molar-refractivity contribution in [2.75, 3.05) is 0 Å². The quantitative estimate of drug-likeness (QED) is 0.102. The van der Waals surface area contributed by atoms with Crippen LogP contribution in [0.5, 0.6) is 0 Å². The van der Waals surface area contributed by atoms with Gasteiger partial charge in [-0.1, -0.05) is 59.3 Å². The van der Waals surface area contributed by atoms with Crippen LogP contribution in [0.4, 0.5) is 0 Å². The Balaban J connectivity index is 1.51. The summed E-state index contributed by atoms with van der Waals surface area (Å²) in [7, 11) is 0. The van der Waals surface area contributed by atoms with Gasteiger partial charge >= 0.3 is 5.97 Å². The van der Waals surface area contributed by atoms with Crippen molar-refractivity contribution in [3.63, 3.8) is 0 Å². The van der Waals surface area contributed by atoms with Gasteiger partial charge in [-0.25, -0.2) is 5.84 Å². The maximum absolute atomic E-state index is 11.7. The highest BCUT2D eigenvalue weighted by molar-refractivity contribution is 7.80. The normalized spacial score (nSPS) is 39.9. The fourth-order valence-corrected chi connectivity index (χ4v) is 9.45. The van der Waals surface area contributed by atoms with E-state index >= 15 is 0 Å². The molecule has 0 bridgehead atoms. The van der Waals surface area contributed by atoms with Gasteiger partial charge in [0, 0.05) is 18.6 Å². The number of thiocarbonyl (C=S) groups is 1. The van der Waals surface area contributed by atoms with Crippen LogP contribution in [0.25, 0.3) is 0 Å². The van der Waals surface area contributed by atoms with Gasteiger partial charge in [-0.2, -0.15) is 5.10 Å². The monoisotopic (exact) mass is 532 g/mol. The van der Waals surface area contributed by atoms with E-state index in [-0.39, 0.29) is 17.5 Å². The summed E-state index contributed by atoms with van der Waals surface area (Å²) >= 11 is 5.25. The lowest BCUT2D eigenvalue weighted by Crippen LogP contribution is -2.57. The van der Waals surface area contributed by atoms with Crippen LogP contribution in [-0.2, 0) is 9.53 Å². The Morgan fingerprint density at radius 3 is 2.49 bits per heavy atom. The number of hydrogen-bond donors (Lipinski definition) is 3. The fourth-order valence-electron chi connectivity index (χ4n) is 9.41. The molecular weight excluding hydrogens is 480 g/mol. The minimum atomic E-state index is -0.178. The highest BCUT2D eigenvalue weighted by Gasteiger charge is 2.61. The summed E-state index contributed by atoms with van der Waals surface area (Å²) in [6.07, 6.45) is 19.2. The molecule has 0 aromatic heterocycles. The van der Waals surface area contributed by atoms with Gasteiger partial charge in [-0.05, 0) is 105 Å². The summed E-state index contributed by atoms with van der Waals surface area (Å²) < 4.78 is 5.71. The largest absolute Gasteiger partial charge is 0.463 e. The van der Waals surface area contributed by atoms with Crippen molar-refractivity contribution in [1.82, 2.24) is 10.9 Å². The van der Waals surface area contributed by atoms with E-state index in [0.717, 1.165) is 43.4 Å². The van der Waals surface area contributed by atoms with Crippen LogP contribution in [-0.4, -0.2) is 22.9 Å². The first-order valence-electron chi connectivity index (χ1n) is 15.2. The molecule has 4 N–H and O–H groups in total. The predicted octanol–water partition coefficient (Wildman–Crippen LogP) is 6.63.